The molecule has 0 aromatic heterocycles. The van der Waals surface area contributed by atoms with E-state index < -0.39 is 52.6 Å². The highest BCUT2D eigenvalue weighted by Gasteiger charge is 2.65. The fourth-order valence-electron chi connectivity index (χ4n) is 9.26. The normalized spacial score (nSPS) is 25.4. The molecule has 5 atom stereocenters. The lowest BCUT2D eigenvalue weighted by molar-refractivity contribution is -0.316. The number of benzene rings is 2. The molecule has 2 aliphatic heterocycles. The molecular formula is C39H62O7Si2. The van der Waals surface area contributed by atoms with Crippen LogP contribution >= 0.6 is 0 Å². The van der Waals surface area contributed by atoms with Crippen LogP contribution in [0.3, 0.4) is 0 Å². The Hall–Kier alpha value is -2.02. The van der Waals surface area contributed by atoms with Crippen LogP contribution in [0.2, 0.25) is 33.2 Å². The molecule has 2 saturated heterocycles. The summed E-state index contributed by atoms with van der Waals surface area (Å²) in [4.78, 5) is 13.2. The molecule has 2 heterocycles. The second kappa shape index (κ2) is 15.5. The van der Waals surface area contributed by atoms with Crippen LogP contribution in [0.5, 0.6) is 5.75 Å². The first-order chi connectivity index (χ1) is 22.5. The third-order valence-corrected chi connectivity index (χ3v) is 23.6. The van der Waals surface area contributed by atoms with Gasteiger partial charge >= 0.3 is 5.97 Å². The molecule has 268 valence electrons. The van der Waals surface area contributed by atoms with Gasteiger partial charge in [-0.25, -0.2) is 0 Å². The highest BCUT2D eigenvalue weighted by molar-refractivity contribution is 6.78. The van der Waals surface area contributed by atoms with E-state index in [1.165, 1.54) is 0 Å². The molecule has 0 amide bonds. The number of rotatable bonds is 14. The molecule has 1 N–H and O–H groups in total. The zero-order chi connectivity index (χ0) is 35.6. The average Bonchev–Trinajstić information content (AvgIpc) is 3.36. The van der Waals surface area contributed by atoms with Crippen LogP contribution in [-0.4, -0.2) is 58.4 Å². The maximum absolute atomic E-state index is 13.2. The van der Waals surface area contributed by atoms with Crippen LogP contribution < -0.4 is 4.74 Å². The van der Waals surface area contributed by atoms with Crippen LogP contribution in [0.1, 0.15) is 107 Å². The Morgan fingerprint density at radius 3 is 1.75 bits per heavy atom. The summed E-state index contributed by atoms with van der Waals surface area (Å²) in [6.07, 6.45) is -2.37. The third kappa shape index (κ3) is 7.23. The van der Waals surface area contributed by atoms with Gasteiger partial charge in [0.2, 0.25) is 22.4 Å². The molecule has 7 nitrogen and oxygen atoms in total. The van der Waals surface area contributed by atoms with Crippen molar-refractivity contribution < 1.29 is 33.0 Å². The number of ether oxygens (including phenoxy) is 3. The highest BCUT2D eigenvalue weighted by atomic mass is 28.4. The summed E-state index contributed by atoms with van der Waals surface area (Å²) >= 11 is 0. The van der Waals surface area contributed by atoms with Crippen molar-refractivity contribution in [1.29, 1.82) is 0 Å². The summed E-state index contributed by atoms with van der Waals surface area (Å²) < 4.78 is 33.6. The second-order valence-electron chi connectivity index (χ2n) is 15.9. The first-order valence-electron chi connectivity index (χ1n) is 18.2. The molecule has 9 heteroatoms. The van der Waals surface area contributed by atoms with E-state index in [0.717, 1.165) is 16.9 Å². The van der Waals surface area contributed by atoms with E-state index in [1.807, 2.05) is 54.6 Å². The molecule has 0 radical (unpaired) electrons. The van der Waals surface area contributed by atoms with E-state index in [2.05, 4.69) is 83.1 Å². The lowest BCUT2D eigenvalue weighted by Gasteiger charge is -2.54. The van der Waals surface area contributed by atoms with Crippen LogP contribution in [0.4, 0.5) is 0 Å². The predicted molar refractivity (Wildman–Crippen MR) is 197 cm³/mol. The average molecular weight is 699 g/mol. The first-order valence-corrected chi connectivity index (χ1v) is 22.5. The van der Waals surface area contributed by atoms with Gasteiger partial charge in [-0.2, -0.15) is 0 Å². The van der Waals surface area contributed by atoms with Crippen LogP contribution in [0, 0.1) is 0 Å². The molecule has 48 heavy (non-hydrogen) atoms. The van der Waals surface area contributed by atoms with Crippen molar-refractivity contribution in [2.45, 2.75) is 159 Å². The number of carbonyl (C=O) groups is 1. The summed E-state index contributed by atoms with van der Waals surface area (Å²) in [6, 6.07) is 17.8. The van der Waals surface area contributed by atoms with Gasteiger partial charge in [0, 0.05) is 0 Å². The SMILES string of the molecule is CC(C)[Si](O[C@@H]1[C@@H](O)[C@]2(OC[C@H]1O[Si](C(C)C)(C(C)C)C(C)C)OC(=O)C[C@H]2c1ccc(OCc2ccccc2)cc1)(C(C)C)C(C)C. The standard InChI is InChI=1S/C39H62O7Si2/c1-25(2)47(26(3)4,27(5)6)45-35-24-43-39(38(41)37(35)46-48(28(7)8,29(9)10)30(11)12)34(22-36(40)44-39)32-18-20-33(21-19-32)42-23-31-16-14-13-15-17-31/h13-21,25-30,34-35,37-38,41H,22-24H2,1-12H3/t34-,35+,37-,38+,39+/m0/s1. The van der Waals surface area contributed by atoms with Crippen molar-refractivity contribution in [3.05, 3.63) is 65.7 Å². The summed E-state index contributed by atoms with van der Waals surface area (Å²) in [7, 11) is -4.93. The van der Waals surface area contributed by atoms with Crippen molar-refractivity contribution in [2.75, 3.05) is 6.61 Å². The molecule has 2 fully saturated rings. The van der Waals surface area contributed by atoms with Gasteiger partial charge in [0.1, 0.15) is 24.6 Å². The Balaban J connectivity index is 1.74. The van der Waals surface area contributed by atoms with Gasteiger partial charge in [-0.1, -0.05) is 126 Å². The summed E-state index contributed by atoms with van der Waals surface area (Å²) in [5.74, 6) is -1.78. The highest BCUT2D eigenvalue weighted by Crippen LogP contribution is 2.52. The topological polar surface area (TPSA) is 83.5 Å². The molecule has 4 rings (SSSR count). The van der Waals surface area contributed by atoms with E-state index in [-0.39, 0.29) is 29.7 Å². The lowest BCUT2D eigenvalue weighted by Crippen LogP contribution is -2.69. The largest absolute Gasteiger partial charge is 0.489 e. The second-order valence-corrected chi connectivity index (χ2v) is 26.7. The van der Waals surface area contributed by atoms with E-state index >= 15 is 0 Å². The van der Waals surface area contributed by atoms with Crippen LogP contribution in [0.15, 0.2) is 54.6 Å². The van der Waals surface area contributed by atoms with Gasteiger partial charge in [0.15, 0.2) is 0 Å². The number of esters is 1. The molecule has 2 aliphatic rings. The van der Waals surface area contributed by atoms with Gasteiger partial charge in [-0.15, -0.1) is 0 Å². The number of carbonyl (C=O) groups excluding carboxylic acids is 1. The molecule has 1 spiro atoms. The zero-order valence-corrected chi connectivity index (χ0v) is 33.5. The first kappa shape index (κ1) is 38.8. The minimum Gasteiger partial charge on any atom is -0.489 e. The van der Waals surface area contributed by atoms with E-state index in [0.29, 0.717) is 23.2 Å². The van der Waals surface area contributed by atoms with Crippen molar-refractivity contribution in [2.24, 2.45) is 0 Å². The monoisotopic (exact) mass is 698 g/mol. The third-order valence-electron chi connectivity index (χ3n) is 11.3. The van der Waals surface area contributed by atoms with Crippen LogP contribution in [0.25, 0.3) is 0 Å². The summed E-state index contributed by atoms with van der Waals surface area (Å²) in [5, 5.41) is 12.6. The van der Waals surface area contributed by atoms with Gasteiger partial charge < -0.3 is 28.2 Å². The number of aliphatic hydroxyl groups excluding tert-OH is 1. The van der Waals surface area contributed by atoms with Crippen molar-refractivity contribution in [3.8, 4) is 5.75 Å². The molecule has 2 aromatic rings. The van der Waals surface area contributed by atoms with E-state index in [4.69, 9.17) is 23.1 Å². The molecule has 0 bridgehead atoms. The zero-order valence-electron chi connectivity index (χ0n) is 31.5. The predicted octanol–water partition coefficient (Wildman–Crippen LogP) is 9.50. The van der Waals surface area contributed by atoms with Crippen molar-refractivity contribution in [3.63, 3.8) is 0 Å². The van der Waals surface area contributed by atoms with Crippen molar-refractivity contribution >= 4 is 22.6 Å². The summed E-state index contributed by atoms with van der Waals surface area (Å²) in [6.45, 7) is 27.7. The van der Waals surface area contributed by atoms with Gasteiger partial charge in [-0.3, -0.25) is 4.79 Å². The Labute approximate surface area is 292 Å². The maximum Gasteiger partial charge on any atom is 0.309 e. The van der Waals surface area contributed by atoms with Crippen molar-refractivity contribution in [1.82, 2.24) is 0 Å². The fraction of sp³-hybridized carbons (Fsp3) is 0.667. The van der Waals surface area contributed by atoms with Crippen LogP contribution in [-0.2, 0) is 29.7 Å². The van der Waals surface area contributed by atoms with Gasteiger partial charge in [-0.05, 0) is 56.5 Å². The van der Waals surface area contributed by atoms with E-state index in [9.17, 15) is 9.90 Å². The Morgan fingerprint density at radius 1 is 0.750 bits per heavy atom. The Kier molecular flexibility index (Phi) is 12.5. The Morgan fingerprint density at radius 2 is 1.25 bits per heavy atom. The smallest absolute Gasteiger partial charge is 0.309 e. The maximum atomic E-state index is 13.2. The molecule has 0 unspecified atom stereocenters. The van der Waals surface area contributed by atoms with Gasteiger partial charge in [0.25, 0.3) is 0 Å². The fourth-order valence-corrected chi connectivity index (χ4v) is 20.4. The quantitative estimate of drug-likeness (QED) is 0.155. The van der Waals surface area contributed by atoms with E-state index in [1.54, 1.807) is 0 Å². The Bertz CT molecular complexity index is 1280. The summed E-state index contributed by atoms with van der Waals surface area (Å²) in [5.41, 5.74) is 3.82. The number of hydrogen-bond donors (Lipinski definition) is 1. The molecule has 0 aliphatic carbocycles. The number of hydrogen-bond acceptors (Lipinski definition) is 7. The molecule has 0 saturated carbocycles. The molecular weight excluding hydrogens is 637 g/mol. The minimum atomic E-state index is -2.52. The van der Waals surface area contributed by atoms with Gasteiger partial charge in [0.05, 0.1) is 25.0 Å². The lowest BCUT2D eigenvalue weighted by atomic mass is 9.82. The molecule has 2 aromatic carbocycles. The minimum absolute atomic E-state index is 0.101. The number of aliphatic hydroxyl groups is 1.